The molecule has 3 heterocycles. The number of ether oxygens (including phenoxy) is 1. The van der Waals surface area contributed by atoms with Crippen LogP contribution in [0.1, 0.15) is 48.6 Å². The van der Waals surface area contributed by atoms with E-state index in [1.807, 2.05) is 27.7 Å². The Balaban J connectivity index is 1.12. The first-order valence-corrected chi connectivity index (χ1v) is 14.1. The summed E-state index contributed by atoms with van der Waals surface area (Å²) in [7, 11) is 0. The average Bonchev–Trinajstić information content (AvgIpc) is 3.43. The van der Waals surface area contributed by atoms with Gasteiger partial charge in [-0.3, -0.25) is 9.36 Å². The van der Waals surface area contributed by atoms with Crippen LogP contribution in [0.2, 0.25) is 0 Å². The third kappa shape index (κ3) is 3.70. The van der Waals surface area contributed by atoms with Gasteiger partial charge in [-0.1, -0.05) is 64.5 Å². The Morgan fingerprint density at radius 3 is 2.47 bits per heavy atom. The van der Waals surface area contributed by atoms with Crippen molar-refractivity contribution in [2.45, 2.75) is 50.1 Å². The largest absolute Gasteiger partial charge is 0.448 e. The van der Waals surface area contributed by atoms with Gasteiger partial charge in [0.05, 0.1) is 10.9 Å². The molecule has 7 heteroatoms. The number of carbonyl (C=O) groups is 1. The van der Waals surface area contributed by atoms with Gasteiger partial charge in [0.2, 0.25) is 0 Å². The number of halogens is 1. The second-order valence-electron chi connectivity index (χ2n) is 10.7. The Labute approximate surface area is 229 Å². The van der Waals surface area contributed by atoms with E-state index in [1.54, 1.807) is 0 Å². The number of aromatic nitrogens is 2. The summed E-state index contributed by atoms with van der Waals surface area (Å²) in [5.74, 6) is 0.842. The van der Waals surface area contributed by atoms with Gasteiger partial charge in [-0.2, -0.15) is 0 Å². The van der Waals surface area contributed by atoms with Crippen LogP contribution in [0.3, 0.4) is 0 Å². The van der Waals surface area contributed by atoms with Gasteiger partial charge in [0, 0.05) is 35.4 Å². The van der Waals surface area contributed by atoms with Gasteiger partial charge < -0.3 is 9.64 Å². The van der Waals surface area contributed by atoms with Crippen LogP contribution in [0.5, 0.6) is 0 Å². The molecule has 6 nitrogen and oxygen atoms in total. The molecule has 1 unspecified atom stereocenters. The molecule has 1 amide bonds. The molecule has 0 radical (unpaired) electrons. The van der Waals surface area contributed by atoms with Crippen molar-refractivity contribution in [2.75, 3.05) is 13.2 Å². The minimum Gasteiger partial charge on any atom is -0.448 e. The van der Waals surface area contributed by atoms with E-state index in [0.29, 0.717) is 37.0 Å². The molecule has 192 valence electrons. The molecule has 3 aromatic carbocycles. The Morgan fingerprint density at radius 1 is 0.974 bits per heavy atom. The lowest BCUT2D eigenvalue weighted by Gasteiger charge is -2.37. The number of benzene rings is 3. The van der Waals surface area contributed by atoms with Gasteiger partial charge in [0.15, 0.2) is 0 Å². The average molecular weight is 570 g/mol. The fraction of sp³-hybridized carbons (Fsp3) is 0.323. The Kier molecular flexibility index (Phi) is 5.65. The monoisotopic (exact) mass is 569 g/mol. The molecule has 3 aliphatic rings. The molecular formula is C31H28BrN3O3. The summed E-state index contributed by atoms with van der Waals surface area (Å²) < 4.78 is 8.79. The number of amides is 1. The number of likely N-dealkylation sites (tertiary alicyclic amines) is 1. The zero-order valence-corrected chi connectivity index (χ0v) is 22.6. The minimum atomic E-state index is -0.310. The van der Waals surface area contributed by atoms with Gasteiger partial charge in [0.1, 0.15) is 12.4 Å². The van der Waals surface area contributed by atoms with Gasteiger partial charge >= 0.3 is 6.09 Å². The summed E-state index contributed by atoms with van der Waals surface area (Å²) in [6, 6.07) is 22.4. The zero-order valence-electron chi connectivity index (χ0n) is 21.0. The van der Waals surface area contributed by atoms with Crippen molar-refractivity contribution in [3.63, 3.8) is 0 Å². The molecule has 1 saturated heterocycles. The van der Waals surface area contributed by atoms with Crippen LogP contribution in [-0.2, 0) is 17.7 Å². The highest BCUT2D eigenvalue weighted by atomic mass is 79.9. The van der Waals surface area contributed by atoms with Crippen molar-refractivity contribution in [1.29, 1.82) is 0 Å². The van der Waals surface area contributed by atoms with Crippen molar-refractivity contribution >= 4 is 32.9 Å². The third-order valence-corrected chi connectivity index (χ3v) is 9.26. The molecule has 38 heavy (non-hydrogen) atoms. The number of hydrogen-bond donors (Lipinski definition) is 0. The normalized spacial score (nSPS) is 20.3. The number of carbonyl (C=O) groups excluding carboxylic acids is 1. The SMILES string of the molecule is O=C(OCC1c2ccccc2-c2ccccc21)N1CCCC12CCc1nc3cc(Br)ccc3c(=O)n1CC2. The number of nitrogens with zero attached hydrogens (tertiary/aromatic N) is 3. The van der Waals surface area contributed by atoms with E-state index in [2.05, 4.69) is 64.5 Å². The first-order valence-electron chi connectivity index (χ1n) is 13.4. The van der Waals surface area contributed by atoms with Crippen LogP contribution in [0, 0.1) is 0 Å². The molecule has 1 aliphatic carbocycles. The van der Waals surface area contributed by atoms with Crippen molar-refractivity contribution in [1.82, 2.24) is 14.5 Å². The molecule has 7 rings (SSSR count). The van der Waals surface area contributed by atoms with Crippen LogP contribution in [-0.4, -0.2) is 39.2 Å². The minimum absolute atomic E-state index is 0.000220. The quantitative estimate of drug-likeness (QED) is 0.285. The van der Waals surface area contributed by atoms with Crippen molar-refractivity contribution in [2.24, 2.45) is 0 Å². The Bertz CT molecular complexity index is 1600. The van der Waals surface area contributed by atoms with Gasteiger partial charge in [-0.15, -0.1) is 0 Å². The summed E-state index contributed by atoms with van der Waals surface area (Å²) in [4.78, 5) is 33.7. The van der Waals surface area contributed by atoms with E-state index in [0.717, 1.165) is 36.0 Å². The summed E-state index contributed by atoms with van der Waals surface area (Å²) in [5, 5.41) is 0.632. The predicted octanol–water partition coefficient (Wildman–Crippen LogP) is 6.28. The summed E-state index contributed by atoms with van der Waals surface area (Å²) >= 11 is 3.49. The maximum absolute atomic E-state index is 13.6. The van der Waals surface area contributed by atoms with Gasteiger partial charge in [-0.25, -0.2) is 9.78 Å². The number of rotatable bonds is 2. The molecule has 0 bridgehead atoms. The van der Waals surface area contributed by atoms with Crippen molar-refractivity contribution in [3.05, 3.63) is 98.5 Å². The predicted molar refractivity (Wildman–Crippen MR) is 150 cm³/mol. The molecule has 1 atom stereocenters. The lowest BCUT2D eigenvalue weighted by molar-refractivity contribution is 0.0608. The summed E-state index contributed by atoms with van der Waals surface area (Å²) in [6.07, 6.45) is 3.79. The van der Waals surface area contributed by atoms with Crippen LogP contribution >= 0.6 is 15.9 Å². The molecular weight excluding hydrogens is 542 g/mol. The first-order chi connectivity index (χ1) is 18.5. The molecule has 4 aromatic rings. The highest BCUT2D eigenvalue weighted by Gasteiger charge is 2.45. The second-order valence-corrected chi connectivity index (χ2v) is 11.6. The number of aryl methyl sites for hydroxylation is 1. The maximum Gasteiger partial charge on any atom is 0.410 e. The molecule has 1 spiro atoms. The van der Waals surface area contributed by atoms with E-state index < -0.39 is 0 Å². The third-order valence-electron chi connectivity index (χ3n) is 8.76. The molecule has 0 saturated carbocycles. The fourth-order valence-corrected chi connectivity index (χ4v) is 7.22. The first kappa shape index (κ1) is 23.7. The topological polar surface area (TPSA) is 64.4 Å². The molecule has 1 aromatic heterocycles. The van der Waals surface area contributed by atoms with Crippen LogP contribution in [0.15, 0.2) is 76.0 Å². The highest BCUT2D eigenvalue weighted by molar-refractivity contribution is 9.10. The number of hydrogen-bond acceptors (Lipinski definition) is 4. The number of fused-ring (bicyclic) bond motifs is 5. The second kappa shape index (κ2) is 9.09. The van der Waals surface area contributed by atoms with Crippen LogP contribution in [0.25, 0.3) is 22.0 Å². The van der Waals surface area contributed by atoms with E-state index in [9.17, 15) is 9.59 Å². The lowest BCUT2D eigenvalue weighted by atomic mass is 9.87. The summed E-state index contributed by atoms with van der Waals surface area (Å²) in [5.41, 5.74) is 5.28. The lowest BCUT2D eigenvalue weighted by Crippen LogP contribution is -2.48. The smallest absolute Gasteiger partial charge is 0.410 e. The standard InChI is InChI=1S/C31H28BrN3O3/c32-20-10-11-25-27(18-20)33-28-12-14-31(15-17-34(28)29(25)36)13-5-16-35(31)30(37)38-19-26-23-8-3-1-6-21(23)22-7-2-4-9-24(22)26/h1-4,6-11,18,26H,5,12-17,19H2. The van der Waals surface area contributed by atoms with E-state index >= 15 is 0 Å². The van der Waals surface area contributed by atoms with E-state index in [-0.39, 0.29) is 23.1 Å². The zero-order chi connectivity index (χ0) is 25.9. The van der Waals surface area contributed by atoms with E-state index in [1.165, 1.54) is 22.3 Å². The Morgan fingerprint density at radius 2 is 1.71 bits per heavy atom. The molecule has 2 aliphatic heterocycles. The van der Waals surface area contributed by atoms with Gasteiger partial charge in [0.25, 0.3) is 5.56 Å². The van der Waals surface area contributed by atoms with Crippen molar-refractivity contribution < 1.29 is 9.53 Å². The van der Waals surface area contributed by atoms with Crippen molar-refractivity contribution in [3.8, 4) is 11.1 Å². The molecule has 1 fully saturated rings. The van der Waals surface area contributed by atoms with Gasteiger partial charge in [-0.05, 0) is 66.1 Å². The summed E-state index contributed by atoms with van der Waals surface area (Å²) in [6.45, 7) is 1.56. The maximum atomic E-state index is 13.6. The fourth-order valence-electron chi connectivity index (χ4n) is 6.87. The molecule has 0 N–H and O–H groups in total. The van der Waals surface area contributed by atoms with Crippen LogP contribution < -0.4 is 5.56 Å². The van der Waals surface area contributed by atoms with Crippen LogP contribution in [0.4, 0.5) is 4.79 Å². The Hall–Kier alpha value is -3.45. The highest BCUT2D eigenvalue weighted by Crippen LogP contribution is 2.45. The van der Waals surface area contributed by atoms with E-state index in [4.69, 9.17) is 9.72 Å².